The van der Waals surface area contributed by atoms with Gasteiger partial charge in [-0.05, 0) is 24.3 Å². The number of benzene rings is 1. The molecule has 0 saturated carbocycles. The van der Waals surface area contributed by atoms with Gasteiger partial charge in [-0.15, -0.1) is 0 Å². The number of nitrogens with one attached hydrogen (secondary N) is 1. The van der Waals surface area contributed by atoms with E-state index in [0.29, 0.717) is 0 Å². The molecule has 0 bridgehead atoms. The van der Waals surface area contributed by atoms with E-state index >= 15 is 0 Å². The van der Waals surface area contributed by atoms with Gasteiger partial charge in [-0.3, -0.25) is 0 Å². The quantitative estimate of drug-likeness (QED) is 0.880. The van der Waals surface area contributed by atoms with Gasteiger partial charge in [0.2, 0.25) is 0 Å². The number of alkyl halides is 3. The van der Waals surface area contributed by atoms with Gasteiger partial charge >= 0.3 is 6.18 Å². The van der Waals surface area contributed by atoms with E-state index in [9.17, 15) is 13.2 Å². The fraction of sp³-hybridized carbons (Fsp3) is 0.0769. The van der Waals surface area contributed by atoms with Gasteiger partial charge in [-0.25, -0.2) is 4.98 Å². The van der Waals surface area contributed by atoms with Crippen molar-refractivity contribution in [1.29, 1.82) is 5.26 Å². The minimum Gasteiger partial charge on any atom is -0.395 e. The second-order valence-corrected chi connectivity index (χ2v) is 4.46. The fourth-order valence-electron chi connectivity index (χ4n) is 1.59. The lowest BCUT2D eigenvalue weighted by Gasteiger charge is -2.12. The summed E-state index contributed by atoms with van der Waals surface area (Å²) in [5, 5.41) is 11.4. The Bertz CT molecular complexity index is 722. The van der Waals surface area contributed by atoms with Gasteiger partial charge in [0.25, 0.3) is 0 Å². The van der Waals surface area contributed by atoms with Gasteiger partial charge in [0.1, 0.15) is 6.07 Å². The molecule has 1 aromatic carbocycles. The number of nitrogen functional groups attached to an aromatic ring is 1. The van der Waals surface area contributed by atoms with Crippen molar-refractivity contribution in [1.82, 2.24) is 4.98 Å². The first-order valence-corrected chi connectivity index (χ1v) is 5.99. The van der Waals surface area contributed by atoms with Crippen LogP contribution in [-0.4, -0.2) is 4.98 Å². The zero-order valence-corrected chi connectivity index (χ0v) is 11.1. The van der Waals surface area contributed by atoms with Crippen molar-refractivity contribution in [2.75, 3.05) is 11.1 Å². The summed E-state index contributed by atoms with van der Waals surface area (Å²) < 4.78 is 37.6. The number of rotatable bonds is 2. The van der Waals surface area contributed by atoms with E-state index in [0.717, 1.165) is 12.1 Å². The Hall–Kier alpha value is -2.46. The van der Waals surface area contributed by atoms with Crippen LogP contribution in [0.1, 0.15) is 11.1 Å². The zero-order chi connectivity index (χ0) is 15.6. The Balaban J connectivity index is 2.36. The van der Waals surface area contributed by atoms with Crippen LogP contribution >= 0.6 is 11.6 Å². The number of nitrogens with zero attached hydrogens (tertiary/aromatic N) is 2. The van der Waals surface area contributed by atoms with Crippen molar-refractivity contribution in [2.45, 2.75) is 6.18 Å². The standard InChI is InChI=1S/C13H8ClF3N4/c14-9-5-8(13(15,16)17)1-2-10(9)21-12-11(19)7(6-18)3-4-20-12/h1-5H,19H2,(H,20,21). The molecule has 1 heterocycles. The van der Waals surface area contributed by atoms with Gasteiger partial charge in [-0.1, -0.05) is 11.6 Å². The van der Waals surface area contributed by atoms with Gasteiger partial charge in [0, 0.05) is 6.20 Å². The molecule has 108 valence electrons. The van der Waals surface area contributed by atoms with Crippen LogP contribution < -0.4 is 11.1 Å². The summed E-state index contributed by atoms with van der Waals surface area (Å²) in [5.41, 5.74) is 5.37. The van der Waals surface area contributed by atoms with Crippen molar-refractivity contribution in [2.24, 2.45) is 0 Å². The SMILES string of the molecule is N#Cc1ccnc(Nc2ccc(C(F)(F)F)cc2Cl)c1N. The summed E-state index contributed by atoms with van der Waals surface area (Å²) in [7, 11) is 0. The molecule has 2 rings (SSSR count). The number of hydrogen-bond donors (Lipinski definition) is 2. The fourth-order valence-corrected chi connectivity index (χ4v) is 1.82. The van der Waals surface area contributed by atoms with E-state index in [4.69, 9.17) is 22.6 Å². The van der Waals surface area contributed by atoms with E-state index in [2.05, 4.69) is 10.3 Å². The van der Waals surface area contributed by atoms with E-state index in [1.54, 1.807) is 0 Å². The first-order valence-electron chi connectivity index (χ1n) is 5.61. The summed E-state index contributed by atoms with van der Waals surface area (Å²) in [5.74, 6) is 0.149. The molecule has 0 radical (unpaired) electrons. The van der Waals surface area contributed by atoms with E-state index in [1.165, 1.54) is 18.3 Å². The molecular weight excluding hydrogens is 305 g/mol. The summed E-state index contributed by atoms with van der Waals surface area (Å²) in [6.07, 6.45) is -3.12. The van der Waals surface area contributed by atoms with Crippen molar-refractivity contribution in [3.05, 3.63) is 46.6 Å². The molecule has 0 unspecified atom stereocenters. The second kappa shape index (κ2) is 5.50. The summed E-state index contributed by atoms with van der Waals surface area (Å²) in [6.45, 7) is 0. The minimum atomic E-state index is -4.47. The van der Waals surface area contributed by atoms with Gasteiger partial charge < -0.3 is 11.1 Å². The molecule has 0 spiro atoms. The number of hydrogen-bond acceptors (Lipinski definition) is 4. The second-order valence-electron chi connectivity index (χ2n) is 4.05. The lowest BCUT2D eigenvalue weighted by atomic mass is 10.2. The number of nitriles is 1. The Morgan fingerprint density at radius 2 is 2.00 bits per heavy atom. The molecular formula is C13H8ClF3N4. The third-order valence-corrected chi connectivity index (χ3v) is 2.97. The highest BCUT2D eigenvalue weighted by Gasteiger charge is 2.30. The summed E-state index contributed by atoms with van der Waals surface area (Å²) >= 11 is 5.82. The largest absolute Gasteiger partial charge is 0.416 e. The average Bonchev–Trinajstić information content (AvgIpc) is 2.42. The molecule has 3 N–H and O–H groups in total. The van der Waals surface area contributed by atoms with Crippen LogP contribution in [0.25, 0.3) is 0 Å². The Labute approximate surface area is 123 Å². The molecule has 8 heteroatoms. The topological polar surface area (TPSA) is 74.7 Å². The van der Waals surface area contributed by atoms with E-state index in [-0.39, 0.29) is 27.8 Å². The van der Waals surface area contributed by atoms with Crippen LogP contribution in [0.5, 0.6) is 0 Å². The highest BCUT2D eigenvalue weighted by molar-refractivity contribution is 6.33. The van der Waals surface area contributed by atoms with Crippen molar-refractivity contribution in [3.63, 3.8) is 0 Å². The van der Waals surface area contributed by atoms with Gasteiger partial charge in [0.15, 0.2) is 5.82 Å². The Kier molecular flexibility index (Phi) is 3.91. The minimum absolute atomic E-state index is 0.0935. The van der Waals surface area contributed by atoms with Crippen LogP contribution in [0.15, 0.2) is 30.5 Å². The van der Waals surface area contributed by atoms with Crippen LogP contribution in [0.3, 0.4) is 0 Å². The average molecular weight is 313 g/mol. The predicted molar refractivity (Wildman–Crippen MR) is 73.1 cm³/mol. The number of pyridine rings is 1. The first kappa shape index (κ1) is 14.9. The van der Waals surface area contributed by atoms with Crippen LogP contribution in [0.2, 0.25) is 5.02 Å². The number of aromatic nitrogens is 1. The highest BCUT2D eigenvalue weighted by atomic mass is 35.5. The number of halogens is 4. The third kappa shape index (κ3) is 3.17. The zero-order valence-electron chi connectivity index (χ0n) is 10.4. The Morgan fingerprint density at radius 3 is 2.57 bits per heavy atom. The number of nitrogens with two attached hydrogens (primary N) is 1. The number of anilines is 3. The molecule has 0 amide bonds. The van der Waals surface area contributed by atoms with Gasteiger partial charge in [-0.2, -0.15) is 18.4 Å². The molecule has 4 nitrogen and oxygen atoms in total. The first-order chi connectivity index (χ1) is 9.82. The molecule has 0 fully saturated rings. The molecule has 0 aliphatic carbocycles. The van der Waals surface area contributed by atoms with Crippen LogP contribution in [0, 0.1) is 11.3 Å². The maximum absolute atomic E-state index is 12.5. The summed E-state index contributed by atoms with van der Waals surface area (Å²) in [6, 6.07) is 6.16. The highest BCUT2D eigenvalue weighted by Crippen LogP contribution is 2.35. The monoisotopic (exact) mass is 312 g/mol. The molecule has 0 saturated heterocycles. The summed E-state index contributed by atoms with van der Waals surface area (Å²) in [4.78, 5) is 3.93. The van der Waals surface area contributed by atoms with Crippen molar-refractivity contribution in [3.8, 4) is 6.07 Å². The molecule has 0 aliphatic rings. The van der Waals surface area contributed by atoms with Gasteiger partial charge in [0.05, 0.1) is 27.5 Å². The lowest BCUT2D eigenvalue weighted by molar-refractivity contribution is -0.137. The van der Waals surface area contributed by atoms with Crippen LogP contribution in [0.4, 0.5) is 30.4 Å². The maximum Gasteiger partial charge on any atom is 0.416 e. The molecule has 2 aromatic rings. The Morgan fingerprint density at radius 1 is 1.29 bits per heavy atom. The maximum atomic E-state index is 12.5. The molecule has 21 heavy (non-hydrogen) atoms. The van der Waals surface area contributed by atoms with E-state index < -0.39 is 11.7 Å². The molecule has 0 atom stereocenters. The third-order valence-electron chi connectivity index (χ3n) is 2.66. The van der Waals surface area contributed by atoms with E-state index in [1.807, 2.05) is 6.07 Å². The molecule has 1 aromatic heterocycles. The predicted octanol–water partition coefficient (Wildman–Crippen LogP) is 3.95. The lowest BCUT2D eigenvalue weighted by Crippen LogP contribution is -2.06. The normalized spacial score (nSPS) is 11.0. The van der Waals surface area contributed by atoms with Crippen molar-refractivity contribution >= 4 is 28.8 Å². The molecule has 0 aliphatic heterocycles. The smallest absolute Gasteiger partial charge is 0.395 e. The van der Waals surface area contributed by atoms with Crippen molar-refractivity contribution < 1.29 is 13.2 Å². The van der Waals surface area contributed by atoms with Crippen LogP contribution in [-0.2, 0) is 6.18 Å².